The van der Waals surface area contributed by atoms with Crippen molar-refractivity contribution in [2.75, 3.05) is 26.4 Å². The minimum absolute atomic E-state index is 0.533. The van der Waals surface area contributed by atoms with E-state index in [2.05, 4.69) is 16.0 Å². The molecule has 0 atom stereocenters. The van der Waals surface area contributed by atoms with Gasteiger partial charge >= 0.3 is 0 Å². The summed E-state index contributed by atoms with van der Waals surface area (Å²) in [6.45, 7) is 3.11. The first kappa shape index (κ1) is 16.7. The molecule has 3 fully saturated rings. The van der Waals surface area contributed by atoms with Crippen molar-refractivity contribution in [1.29, 1.82) is 0 Å². The molecule has 0 aromatic heterocycles. The minimum Gasteiger partial charge on any atom is -0.377 e. The van der Waals surface area contributed by atoms with Gasteiger partial charge in [0.2, 0.25) is 0 Å². The highest BCUT2D eigenvalue weighted by molar-refractivity contribution is 5.42. The molecule has 21 heavy (non-hydrogen) atoms. The first-order valence-electron chi connectivity index (χ1n) is 8.75. The summed E-state index contributed by atoms with van der Waals surface area (Å²) in [5.41, 5.74) is 0. The fourth-order valence-electron chi connectivity index (χ4n) is 3.06. The van der Waals surface area contributed by atoms with Gasteiger partial charge in [0.15, 0.2) is 0 Å². The van der Waals surface area contributed by atoms with Crippen LogP contribution in [0.4, 0.5) is 0 Å². The molecular formula is C17H30N2O2. The van der Waals surface area contributed by atoms with E-state index in [1.54, 1.807) is 0 Å². The maximum absolute atomic E-state index is 4.94. The van der Waals surface area contributed by atoms with Crippen LogP contribution in [-0.4, -0.2) is 44.5 Å². The Kier molecular flexibility index (Phi) is 8.69. The van der Waals surface area contributed by atoms with Crippen molar-refractivity contribution in [2.45, 2.75) is 76.3 Å². The van der Waals surface area contributed by atoms with Crippen molar-refractivity contribution in [3.8, 4) is 0 Å². The predicted octanol–water partition coefficient (Wildman–Crippen LogP) is 3.86. The maximum Gasteiger partial charge on any atom is 0.0898 e. The van der Waals surface area contributed by atoms with Gasteiger partial charge in [-0.2, -0.15) is 0 Å². The summed E-state index contributed by atoms with van der Waals surface area (Å²) in [4.78, 5) is 8.92. The molecular weight excluding hydrogens is 264 g/mol. The Morgan fingerprint density at radius 1 is 0.571 bits per heavy atom. The molecule has 120 valence electrons. The zero-order chi connectivity index (χ0) is 14.6. The Labute approximate surface area is 129 Å². The molecule has 1 saturated heterocycles. The van der Waals surface area contributed by atoms with Crippen LogP contribution in [0.5, 0.6) is 0 Å². The smallest absolute Gasteiger partial charge is 0.0898 e. The molecule has 2 saturated carbocycles. The summed E-state index contributed by atoms with van der Waals surface area (Å²) >= 11 is 0. The highest BCUT2D eigenvalue weighted by Crippen LogP contribution is 2.21. The van der Waals surface area contributed by atoms with Crippen LogP contribution < -0.4 is 0 Å². The summed E-state index contributed by atoms with van der Waals surface area (Å²) < 4.78 is 9.89. The van der Waals surface area contributed by atoms with Gasteiger partial charge in [-0.1, -0.05) is 38.5 Å². The zero-order valence-corrected chi connectivity index (χ0v) is 13.3. The van der Waals surface area contributed by atoms with Crippen molar-refractivity contribution in [2.24, 2.45) is 9.98 Å². The van der Waals surface area contributed by atoms with Crippen molar-refractivity contribution in [1.82, 2.24) is 0 Å². The van der Waals surface area contributed by atoms with E-state index in [0.717, 1.165) is 26.4 Å². The summed E-state index contributed by atoms with van der Waals surface area (Å²) in [7, 11) is 0. The van der Waals surface area contributed by atoms with Crippen molar-refractivity contribution in [3.63, 3.8) is 0 Å². The second-order valence-corrected chi connectivity index (χ2v) is 6.17. The zero-order valence-electron chi connectivity index (χ0n) is 13.3. The minimum atomic E-state index is 0.533. The second kappa shape index (κ2) is 10.9. The molecule has 4 heteroatoms. The van der Waals surface area contributed by atoms with Gasteiger partial charge in [-0.15, -0.1) is 0 Å². The van der Waals surface area contributed by atoms with Gasteiger partial charge in [0.25, 0.3) is 0 Å². The average molecular weight is 294 g/mol. The highest BCUT2D eigenvalue weighted by atomic mass is 16.6. The van der Waals surface area contributed by atoms with E-state index in [4.69, 9.17) is 9.47 Å². The summed E-state index contributed by atoms with van der Waals surface area (Å²) in [5, 5.41) is 0. The summed E-state index contributed by atoms with van der Waals surface area (Å²) in [6.07, 6.45) is 13.2. The van der Waals surface area contributed by atoms with Crippen LogP contribution in [0.15, 0.2) is 9.98 Å². The maximum atomic E-state index is 4.94. The number of hydrogen-bond acceptors (Lipinski definition) is 4. The van der Waals surface area contributed by atoms with Gasteiger partial charge in [-0.25, -0.2) is 9.98 Å². The van der Waals surface area contributed by atoms with Crippen LogP contribution in [-0.2, 0) is 9.47 Å². The highest BCUT2D eigenvalue weighted by Gasteiger charge is 2.12. The number of hydrogen-bond donors (Lipinski definition) is 0. The first-order valence-corrected chi connectivity index (χ1v) is 8.75. The fourth-order valence-corrected chi connectivity index (χ4v) is 3.06. The lowest BCUT2D eigenvalue weighted by Crippen LogP contribution is -2.16. The molecule has 0 amide bonds. The van der Waals surface area contributed by atoms with Crippen LogP contribution in [0.25, 0.3) is 0 Å². The van der Waals surface area contributed by atoms with E-state index in [0.29, 0.717) is 12.1 Å². The lowest BCUT2D eigenvalue weighted by atomic mass is 9.96. The fraction of sp³-hybridized carbons (Fsp3) is 0.941. The molecule has 0 bridgehead atoms. The van der Waals surface area contributed by atoms with Crippen LogP contribution in [0, 0.1) is 0 Å². The van der Waals surface area contributed by atoms with Gasteiger partial charge in [0.1, 0.15) is 0 Å². The standard InChI is InChI=1S/C13H22N2.C4H8O2/c1-3-7-12(8-4-1)14-11-15-13-9-5-2-6-10-13;1-2-6-4-3-5-1/h12-13H,1-10H2;1-4H2. The van der Waals surface area contributed by atoms with Crippen LogP contribution in [0.3, 0.4) is 0 Å². The Bertz CT molecular complexity index is 277. The average Bonchev–Trinajstić information content (AvgIpc) is 2.59. The normalized spacial score (nSPS) is 24.4. The number of nitrogens with zero attached hydrogens (tertiary/aromatic N) is 2. The molecule has 3 rings (SSSR count). The van der Waals surface area contributed by atoms with Gasteiger partial charge in [0, 0.05) is 0 Å². The van der Waals surface area contributed by atoms with Crippen molar-refractivity contribution in [3.05, 3.63) is 0 Å². The topological polar surface area (TPSA) is 43.2 Å². The molecule has 0 radical (unpaired) electrons. The lowest BCUT2D eigenvalue weighted by Gasteiger charge is -2.17. The SMILES string of the molecule is C(=NC1CCCCC1)=NC1CCCCC1.C1COCCO1. The molecule has 0 spiro atoms. The Hall–Kier alpha value is -0.700. The quantitative estimate of drug-likeness (QED) is 0.726. The largest absolute Gasteiger partial charge is 0.377 e. The molecule has 1 heterocycles. The number of aliphatic imine (C=N–C) groups is 2. The summed E-state index contributed by atoms with van der Waals surface area (Å²) in [5.74, 6) is 0. The van der Waals surface area contributed by atoms with E-state index in [1.165, 1.54) is 64.2 Å². The van der Waals surface area contributed by atoms with Gasteiger partial charge in [0.05, 0.1) is 44.5 Å². The number of rotatable bonds is 2. The van der Waals surface area contributed by atoms with Gasteiger partial charge < -0.3 is 9.47 Å². The molecule has 0 aromatic rings. The predicted molar refractivity (Wildman–Crippen MR) is 85.2 cm³/mol. The third kappa shape index (κ3) is 7.75. The second-order valence-electron chi connectivity index (χ2n) is 6.17. The van der Waals surface area contributed by atoms with E-state index >= 15 is 0 Å². The molecule has 3 aliphatic rings. The third-order valence-electron chi connectivity index (χ3n) is 4.37. The monoisotopic (exact) mass is 294 g/mol. The molecule has 0 aromatic carbocycles. The first-order chi connectivity index (χ1) is 10.4. The number of ether oxygens (including phenoxy) is 2. The van der Waals surface area contributed by atoms with Gasteiger partial charge in [-0.3, -0.25) is 0 Å². The molecule has 0 N–H and O–H groups in total. The Morgan fingerprint density at radius 2 is 0.952 bits per heavy atom. The van der Waals surface area contributed by atoms with E-state index in [-0.39, 0.29) is 0 Å². The van der Waals surface area contributed by atoms with Crippen LogP contribution in [0.2, 0.25) is 0 Å². The van der Waals surface area contributed by atoms with Crippen LogP contribution in [0.1, 0.15) is 64.2 Å². The molecule has 4 nitrogen and oxygen atoms in total. The van der Waals surface area contributed by atoms with E-state index < -0.39 is 0 Å². The van der Waals surface area contributed by atoms with Crippen molar-refractivity contribution >= 4 is 6.01 Å². The van der Waals surface area contributed by atoms with Gasteiger partial charge in [-0.05, 0) is 25.7 Å². The molecule has 0 unspecified atom stereocenters. The Balaban J connectivity index is 0.000000225. The molecule has 1 aliphatic heterocycles. The molecule has 2 aliphatic carbocycles. The summed E-state index contributed by atoms with van der Waals surface area (Å²) in [6, 6.07) is 4.04. The Morgan fingerprint density at radius 3 is 1.29 bits per heavy atom. The van der Waals surface area contributed by atoms with Crippen molar-refractivity contribution < 1.29 is 9.47 Å². The van der Waals surface area contributed by atoms with Crippen LogP contribution >= 0.6 is 0 Å². The lowest BCUT2D eigenvalue weighted by molar-refractivity contribution is -0.0334. The van der Waals surface area contributed by atoms with E-state index in [1.807, 2.05) is 0 Å². The van der Waals surface area contributed by atoms with E-state index in [9.17, 15) is 0 Å². The third-order valence-corrected chi connectivity index (χ3v) is 4.37.